The Bertz CT molecular complexity index is 327. The Kier molecular flexibility index (Phi) is 4.55. The van der Waals surface area contributed by atoms with Gasteiger partial charge in [-0.2, -0.15) is 0 Å². The Morgan fingerprint density at radius 1 is 1.47 bits per heavy atom. The predicted octanol–water partition coefficient (Wildman–Crippen LogP) is 1.23. The molecule has 1 aromatic rings. The fourth-order valence-electron chi connectivity index (χ4n) is 1.76. The Balaban J connectivity index is 2.67. The van der Waals surface area contributed by atoms with Gasteiger partial charge in [-0.15, -0.1) is 0 Å². The molecule has 0 bridgehead atoms. The van der Waals surface area contributed by atoms with E-state index >= 15 is 0 Å². The summed E-state index contributed by atoms with van der Waals surface area (Å²) >= 11 is 0. The molecule has 0 aliphatic rings. The van der Waals surface area contributed by atoms with Crippen molar-refractivity contribution in [2.24, 2.45) is 11.7 Å². The van der Waals surface area contributed by atoms with Crippen molar-refractivity contribution >= 4 is 0 Å². The Labute approximate surface area is 89.0 Å². The molecule has 1 aromatic heterocycles. The van der Waals surface area contributed by atoms with Crippen molar-refractivity contribution in [2.75, 3.05) is 6.54 Å². The number of rotatable bonds is 6. The zero-order chi connectivity index (χ0) is 11.3. The molecule has 0 aromatic carbocycles. The van der Waals surface area contributed by atoms with Gasteiger partial charge >= 0.3 is 5.76 Å². The molecule has 0 spiro atoms. The minimum absolute atomic E-state index is 0.0985. The maximum atomic E-state index is 10.8. The van der Waals surface area contributed by atoms with E-state index in [9.17, 15) is 4.79 Å². The Hall–Kier alpha value is -1.10. The first-order chi connectivity index (χ1) is 7.21. The lowest BCUT2D eigenvalue weighted by Gasteiger charge is -2.17. The molecule has 0 radical (unpaired) electrons. The fraction of sp³-hybridized carbons (Fsp3) is 0.800. The monoisotopic (exact) mass is 213 g/mol. The third kappa shape index (κ3) is 3.20. The van der Waals surface area contributed by atoms with Gasteiger partial charge in [0.25, 0.3) is 0 Å². The van der Waals surface area contributed by atoms with Gasteiger partial charge in [-0.3, -0.25) is 9.51 Å². The van der Waals surface area contributed by atoms with Gasteiger partial charge in [0.2, 0.25) is 0 Å². The quantitative estimate of drug-likeness (QED) is 0.744. The van der Waals surface area contributed by atoms with Crippen molar-refractivity contribution in [2.45, 2.75) is 39.0 Å². The lowest BCUT2D eigenvalue weighted by Crippen LogP contribution is -2.18. The van der Waals surface area contributed by atoms with Gasteiger partial charge in [0.05, 0.1) is 0 Å². The summed E-state index contributed by atoms with van der Waals surface area (Å²) < 4.78 is 4.48. The predicted molar refractivity (Wildman–Crippen MR) is 57.6 cm³/mol. The number of nitrogens with two attached hydrogens (primary N) is 1. The molecule has 0 aliphatic carbocycles. The lowest BCUT2D eigenvalue weighted by atomic mass is 9.90. The third-order valence-corrected chi connectivity index (χ3v) is 2.90. The zero-order valence-corrected chi connectivity index (χ0v) is 9.32. The number of hydrogen-bond donors (Lipinski definition) is 2. The second-order valence-electron chi connectivity index (χ2n) is 3.83. The number of aromatic nitrogens is 2. The van der Waals surface area contributed by atoms with Gasteiger partial charge in [-0.25, -0.2) is 4.79 Å². The number of nitrogens with one attached hydrogen (secondary N) is 1. The second kappa shape index (κ2) is 5.70. The van der Waals surface area contributed by atoms with Crippen LogP contribution in [0.5, 0.6) is 0 Å². The van der Waals surface area contributed by atoms with Crippen LogP contribution in [-0.4, -0.2) is 16.7 Å². The molecule has 0 saturated carbocycles. The van der Waals surface area contributed by atoms with Crippen molar-refractivity contribution in [1.82, 2.24) is 10.1 Å². The van der Waals surface area contributed by atoms with Crippen LogP contribution in [0.4, 0.5) is 0 Å². The normalized spacial score (nSPS) is 13.3. The molecule has 3 N–H and O–H groups in total. The Morgan fingerprint density at radius 3 is 2.53 bits per heavy atom. The highest BCUT2D eigenvalue weighted by Crippen LogP contribution is 2.23. The van der Waals surface area contributed by atoms with Crippen LogP contribution in [0.2, 0.25) is 0 Å². The first kappa shape index (κ1) is 12.0. The molecule has 0 amide bonds. The third-order valence-electron chi connectivity index (χ3n) is 2.90. The van der Waals surface area contributed by atoms with Gasteiger partial charge in [0, 0.05) is 12.5 Å². The standard InChI is InChI=1S/C10H19N3O2/c1-3-7(4-2)5-8(6-11)9-12-10(14)15-13-9/h7-8H,3-6,11H2,1-2H3,(H,12,13,14). The van der Waals surface area contributed by atoms with E-state index in [1.54, 1.807) is 0 Å². The van der Waals surface area contributed by atoms with Crippen LogP contribution >= 0.6 is 0 Å². The maximum absolute atomic E-state index is 10.8. The largest absolute Gasteiger partial charge is 0.438 e. The maximum Gasteiger partial charge on any atom is 0.438 e. The molecule has 0 aliphatic heterocycles. The van der Waals surface area contributed by atoms with Crippen molar-refractivity contribution in [3.63, 3.8) is 0 Å². The summed E-state index contributed by atoms with van der Waals surface area (Å²) in [5.74, 6) is 0.794. The first-order valence-corrected chi connectivity index (χ1v) is 5.47. The molecule has 1 unspecified atom stereocenters. The minimum atomic E-state index is -0.506. The van der Waals surface area contributed by atoms with Crippen molar-refractivity contribution < 1.29 is 4.52 Å². The van der Waals surface area contributed by atoms with E-state index in [0.717, 1.165) is 19.3 Å². The highest BCUT2D eigenvalue weighted by atomic mass is 16.5. The highest BCUT2D eigenvalue weighted by molar-refractivity contribution is 4.93. The minimum Gasteiger partial charge on any atom is -0.330 e. The fourth-order valence-corrected chi connectivity index (χ4v) is 1.76. The molecule has 15 heavy (non-hydrogen) atoms. The number of aromatic amines is 1. The topological polar surface area (TPSA) is 84.9 Å². The van der Waals surface area contributed by atoms with Gasteiger partial charge < -0.3 is 5.73 Å². The van der Waals surface area contributed by atoms with E-state index in [2.05, 4.69) is 28.5 Å². The number of nitrogens with zero attached hydrogens (tertiary/aromatic N) is 1. The Morgan fingerprint density at radius 2 is 2.13 bits per heavy atom. The molecule has 1 heterocycles. The molecule has 0 saturated heterocycles. The summed E-state index contributed by atoms with van der Waals surface area (Å²) in [5.41, 5.74) is 5.67. The molecule has 5 heteroatoms. The van der Waals surface area contributed by atoms with E-state index < -0.39 is 5.76 Å². The summed E-state index contributed by atoms with van der Waals surface area (Å²) in [7, 11) is 0. The van der Waals surface area contributed by atoms with Crippen LogP contribution in [0, 0.1) is 5.92 Å². The summed E-state index contributed by atoms with van der Waals surface area (Å²) in [6.45, 7) is 4.81. The van der Waals surface area contributed by atoms with Crippen molar-refractivity contribution in [1.29, 1.82) is 0 Å². The van der Waals surface area contributed by atoms with Crippen LogP contribution in [-0.2, 0) is 0 Å². The summed E-state index contributed by atoms with van der Waals surface area (Å²) in [6, 6.07) is 0. The average molecular weight is 213 g/mol. The summed E-state index contributed by atoms with van der Waals surface area (Å²) in [4.78, 5) is 13.4. The zero-order valence-electron chi connectivity index (χ0n) is 9.32. The number of hydrogen-bond acceptors (Lipinski definition) is 4. The molecule has 1 rings (SSSR count). The van der Waals surface area contributed by atoms with E-state index in [-0.39, 0.29) is 5.92 Å². The highest BCUT2D eigenvalue weighted by Gasteiger charge is 2.18. The van der Waals surface area contributed by atoms with E-state index in [1.807, 2.05) is 0 Å². The van der Waals surface area contributed by atoms with Crippen LogP contribution in [0.3, 0.4) is 0 Å². The van der Waals surface area contributed by atoms with Crippen LogP contribution < -0.4 is 11.5 Å². The van der Waals surface area contributed by atoms with Gasteiger partial charge in [-0.05, 0) is 12.3 Å². The van der Waals surface area contributed by atoms with Gasteiger partial charge in [0.1, 0.15) is 0 Å². The van der Waals surface area contributed by atoms with Gasteiger partial charge in [-0.1, -0.05) is 31.8 Å². The van der Waals surface area contributed by atoms with E-state index in [0.29, 0.717) is 18.3 Å². The van der Waals surface area contributed by atoms with Crippen molar-refractivity contribution in [3.8, 4) is 0 Å². The van der Waals surface area contributed by atoms with E-state index in [1.165, 1.54) is 0 Å². The van der Waals surface area contributed by atoms with Crippen LogP contribution in [0.15, 0.2) is 9.32 Å². The summed E-state index contributed by atoms with van der Waals surface area (Å²) in [5, 5.41) is 3.69. The van der Waals surface area contributed by atoms with Crippen molar-refractivity contribution in [3.05, 3.63) is 16.4 Å². The molecule has 1 atom stereocenters. The van der Waals surface area contributed by atoms with Gasteiger partial charge in [0.15, 0.2) is 5.82 Å². The summed E-state index contributed by atoms with van der Waals surface area (Å²) in [6.07, 6.45) is 3.19. The number of H-pyrrole nitrogens is 1. The van der Waals surface area contributed by atoms with Crippen LogP contribution in [0.1, 0.15) is 44.9 Å². The molecule has 0 fully saturated rings. The van der Waals surface area contributed by atoms with E-state index in [4.69, 9.17) is 5.73 Å². The SMILES string of the molecule is CCC(CC)CC(CN)c1noc(=O)[nH]1. The van der Waals surface area contributed by atoms with Crippen LogP contribution in [0.25, 0.3) is 0 Å². The first-order valence-electron chi connectivity index (χ1n) is 5.47. The second-order valence-corrected chi connectivity index (χ2v) is 3.83. The lowest BCUT2D eigenvalue weighted by molar-refractivity contribution is 0.362. The average Bonchev–Trinajstić information content (AvgIpc) is 2.67. The molecule has 5 nitrogen and oxygen atoms in total. The smallest absolute Gasteiger partial charge is 0.330 e. The molecular weight excluding hydrogens is 194 g/mol. The molecule has 86 valence electrons. The molecular formula is C10H19N3O2.